The number of hydrogen-bond acceptors (Lipinski definition) is 4. The van der Waals surface area contributed by atoms with E-state index in [0.717, 1.165) is 12.8 Å². The summed E-state index contributed by atoms with van der Waals surface area (Å²) in [7, 11) is 1.53. The average Bonchev–Trinajstić information content (AvgIpc) is 2.88. The van der Waals surface area contributed by atoms with Gasteiger partial charge in [0.2, 0.25) is 5.91 Å². The van der Waals surface area contributed by atoms with Crippen LogP contribution in [0.2, 0.25) is 0 Å². The van der Waals surface area contributed by atoms with Crippen LogP contribution in [0.5, 0.6) is 0 Å². The molecule has 1 rings (SSSR count). The van der Waals surface area contributed by atoms with Crippen molar-refractivity contribution in [1.82, 2.24) is 10.6 Å². The summed E-state index contributed by atoms with van der Waals surface area (Å²) in [5, 5.41) is 14.9. The van der Waals surface area contributed by atoms with E-state index >= 15 is 0 Å². The third kappa shape index (κ3) is 5.16. The lowest BCUT2D eigenvalue weighted by Gasteiger charge is -2.10. The van der Waals surface area contributed by atoms with E-state index < -0.39 is 6.10 Å². The Morgan fingerprint density at radius 2 is 2.36 bits per heavy atom. The molecule has 1 unspecified atom stereocenters. The van der Waals surface area contributed by atoms with Crippen molar-refractivity contribution in [2.24, 2.45) is 0 Å². The number of ether oxygens (including phenoxy) is 1. The molecule has 0 saturated heterocycles. The second-order valence-corrected chi connectivity index (χ2v) is 3.58. The summed E-state index contributed by atoms with van der Waals surface area (Å²) in [6, 6.07) is 0.396. The number of methoxy groups -OCH3 is 1. The Balaban J connectivity index is 1.93. The number of nitrogens with one attached hydrogen (secondary N) is 2. The third-order valence-electron chi connectivity index (χ3n) is 1.97. The quantitative estimate of drug-likeness (QED) is 0.488. The van der Waals surface area contributed by atoms with Crippen LogP contribution in [-0.2, 0) is 9.53 Å². The standard InChI is InChI=1S/C9H18N2O3/c1-14-6-8(12)4-10-5-9(13)11-7-2-3-7/h7-8,10,12H,2-6H2,1H3,(H,11,13). The second kappa shape index (κ2) is 5.95. The molecule has 0 aromatic rings. The maximum Gasteiger partial charge on any atom is 0.234 e. The smallest absolute Gasteiger partial charge is 0.234 e. The van der Waals surface area contributed by atoms with Crippen molar-refractivity contribution in [3.8, 4) is 0 Å². The Labute approximate surface area is 83.8 Å². The van der Waals surface area contributed by atoms with Gasteiger partial charge in [-0.3, -0.25) is 4.79 Å². The average molecular weight is 202 g/mol. The molecule has 1 amide bonds. The topological polar surface area (TPSA) is 70.6 Å². The molecule has 0 aromatic carbocycles. The molecule has 0 aliphatic heterocycles. The first-order chi connectivity index (χ1) is 6.72. The van der Waals surface area contributed by atoms with Gasteiger partial charge in [-0.1, -0.05) is 0 Å². The molecule has 0 aromatic heterocycles. The Morgan fingerprint density at radius 1 is 1.64 bits per heavy atom. The molecule has 0 bridgehead atoms. The monoisotopic (exact) mass is 202 g/mol. The summed E-state index contributed by atoms with van der Waals surface area (Å²) in [5.41, 5.74) is 0. The summed E-state index contributed by atoms with van der Waals surface area (Å²) in [6.07, 6.45) is 1.64. The molecule has 82 valence electrons. The highest BCUT2D eigenvalue weighted by Crippen LogP contribution is 2.17. The van der Waals surface area contributed by atoms with Crippen molar-refractivity contribution in [1.29, 1.82) is 0 Å². The second-order valence-electron chi connectivity index (χ2n) is 3.58. The molecule has 0 spiro atoms. The van der Waals surface area contributed by atoms with E-state index in [1.807, 2.05) is 0 Å². The predicted molar refractivity (Wildman–Crippen MR) is 51.9 cm³/mol. The van der Waals surface area contributed by atoms with Gasteiger partial charge in [0.1, 0.15) is 0 Å². The van der Waals surface area contributed by atoms with Crippen LogP contribution in [0.4, 0.5) is 0 Å². The molecule has 3 N–H and O–H groups in total. The van der Waals surface area contributed by atoms with E-state index in [1.54, 1.807) is 0 Å². The first-order valence-corrected chi connectivity index (χ1v) is 4.89. The van der Waals surface area contributed by atoms with Crippen LogP contribution in [0.1, 0.15) is 12.8 Å². The summed E-state index contributed by atoms with van der Waals surface area (Å²) < 4.78 is 4.75. The Bertz CT molecular complexity index is 183. The van der Waals surface area contributed by atoms with E-state index in [2.05, 4.69) is 10.6 Å². The van der Waals surface area contributed by atoms with E-state index in [-0.39, 0.29) is 19.1 Å². The maximum atomic E-state index is 11.1. The van der Waals surface area contributed by atoms with Crippen molar-refractivity contribution < 1.29 is 14.6 Å². The highest BCUT2D eigenvalue weighted by atomic mass is 16.5. The lowest BCUT2D eigenvalue weighted by molar-refractivity contribution is -0.120. The van der Waals surface area contributed by atoms with E-state index in [9.17, 15) is 9.90 Å². The molecular formula is C9H18N2O3. The molecule has 0 heterocycles. The fourth-order valence-electron chi connectivity index (χ4n) is 1.11. The molecule has 1 saturated carbocycles. The lowest BCUT2D eigenvalue weighted by atomic mass is 10.4. The van der Waals surface area contributed by atoms with Gasteiger partial charge in [-0.2, -0.15) is 0 Å². The molecule has 1 aliphatic carbocycles. The van der Waals surface area contributed by atoms with E-state index in [0.29, 0.717) is 12.6 Å². The minimum Gasteiger partial charge on any atom is -0.389 e. The normalized spacial score (nSPS) is 17.9. The van der Waals surface area contributed by atoms with Gasteiger partial charge < -0.3 is 20.5 Å². The minimum absolute atomic E-state index is 0.00267. The highest BCUT2D eigenvalue weighted by Gasteiger charge is 2.22. The number of rotatable bonds is 7. The van der Waals surface area contributed by atoms with Gasteiger partial charge in [-0.05, 0) is 12.8 Å². The number of aliphatic hydroxyl groups is 1. The summed E-state index contributed by atoms with van der Waals surface area (Å²) in [5.74, 6) is -0.00267. The Hall–Kier alpha value is -0.650. The Morgan fingerprint density at radius 3 is 2.93 bits per heavy atom. The fourth-order valence-corrected chi connectivity index (χ4v) is 1.11. The molecule has 1 atom stereocenters. The van der Waals surface area contributed by atoms with Crippen LogP contribution in [-0.4, -0.2) is 50.0 Å². The molecule has 5 nitrogen and oxygen atoms in total. The first-order valence-electron chi connectivity index (χ1n) is 4.89. The molecule has 5 heteroatoms. The minimum atomic E-state index is -0.547. The third-order valence-corrected chi connectivity index (χ3v) is 1.97. The summed E-state index contributed by atoms with van der Waals surface area (Å²) in [6.45, 7) is 0.931. The van der Waals surface area contributed by atoms with E-state index in [4.69, 9.17) is 4.74 Å². The van der Waals surface area contributed by atoms with Gasteiger partial charge in [0.25, 0.3) is 0 Å². The lowest BCUT2D eigenvalue weighted by Crippen LogP contribution is -2.39. The van der Waals surface area contributed by atoms with Crippen LogP contribution in [0.25, 0.3) is 0 Å². The first kappa shape index (κ1) is 11.4. The van der Waals surface area contributed by atoms with Gasteiger partial charge in [0.05, 0.1) is 19.3 Å². The zero-order valence-electron chi connectivity index (χ0n) is 8.45. The van der Waals surface area contributed by atoms with Crippen molar-refractivity contribution in [3.05, 3.63) is 0 Å². The molecule has 0 radical (unpaired) electrons. The van der Waals surface area contributed by atoms with Gasteiger partial charge in [0.15, 0.2) is 0 Å². The number of aliphatic hydroxyl groups excluding tert-OH is 1. The van der Waals surface area contributed by atoms with Crippen molar-refractivity contribution in [2.75, 3.05) is 26.8 Å². The summed E-state index contributed by atoms with van der Waals surface area (Å²) >= 11 is 0. The molecule has 14 heavy (non-hydrogen) atoms. The molecular weight excluding hydrogens is 184 g/mol. The van der Waals surface area contributed by atoms with Crippen LogP contribution in [0, 0.1) is 0 Å². The van der Waals surface area contributed by atoms with Crippen molar-refractivity contribution >= 4 is 5.91 Å². The Kier molecular flexibility index (Phi) is 4.86. The number of carbonyl (C=O) groups is 1. The van der Waals surface area contributed by atoms with Gasteiger partial charge >= 0.3 is 0 Å². The number of hydrogen-bond donors (Lipinski definition) is 3. The maximum absolute atomic E-state index is 11.1. The van der Waals surface area contributed by atoms with Gasteiger partial charge in [0, 0.05) is 19.7 Å². The van der Waals surface area contributed by atoms with E-state index in [1.165, 1.54) is 7.11 Å². The van der Waals surface area contributed by atoms with Crippen LogP contribution in [0.15, 0.2) is 0 Å². The number of carbonyl (C=O) groups excluding carboxylic acids is 1. The zero-order valence-corrected chi connectivity index (χ0v) is 8.45. The fraction of sp³-hybridized carbons (Fsp3) is 0.889. The van der Waals surface area contributed by atoms with Gasteiger partial charge in [-0.25, -0.2) is 0 Å². The SMILES string of the molecule is COCC(O)CNCC(=O)NC1CC1. The van der Waals surface area contributed by atoms with Crippen molar-refractivity contribution in [3.63, 3.8) is 0 Å². The molecule has 1 fully saturated rings. The van der Waals surface area contributed by atoms with Crippen LogP contribution >= 0.6 is 0 Å². The molecule has 1 aliphatic rings. The van der Waals surface area contributed by atoms with Crippen LogP contribution in [0.3, 0.4) is 0 Å². The highest BCUT2D eigenvalue weighted by molar-refractivity contribution is 5.78. The van der Waals surface area contributed by atoms with Crippen molar-refractivity contribution in [2.45, 2.75) is 25.0 Å². The van der Waals surface area contributed by atoms with Gasteiger partial charge in [-0.15, -0.1) is 0 Å². The predicted octanol–water partition coefficient (Wildman–Crippen LogP) is -1.14. The number of amides is 1. The summed E-state index contributed by atoms with van der Waals surface area (Å²) in [4.78, 5) is 11.1. The largest absolute Gasteiger partial charge is 0.389 e. The zero-order chi connectivity index (χ0) is 10.4. The van der Waals surface area contributed by atoms with Crippen LogP contribution < -0.4 is 10.6 Å².